The standard InChI is InChI=1S/C20H34S2.C3H6.C2H6S.3C2H6/c1-13-4-7-17-16-6-5-14-12-15(22-21)8-10-20(14,3)18(16)9-11-19(13,17)2;2*1-3-2;3*1-2/h13-18,21H,4-12H2,1-3H3;3H,1H2,2H3;1-2H3;3*1-2H3. The number of fused-ring (bicyclic) bond motifs is 5. The van der Waals surface area contributed by atoms with Crippen LogP contribution in [-0.2, 0) is 0 Å². The van der Waals surface area contributed by atoms with Crippen LogP contribution in [0.5, 0.6) is 0 Å². The van der Waals surface area contributed by atoms with Crippen LogP contribution in [0.1, 0.15) is 127 Å². The molecule has 4 aliphatic carbocycles. The molecule has 0 spiro atoms. The fourth-order valence-electron chi connectivity index (χ4n) is 7.58. The monoisotopic (exact) mass is 532 g/mol. The Morgan fingerprint density at radius 1 is 0.794 bits per heavy atom. The smallest absolute Gasteiger partial charge is 0.0152 e. The van der Waals surface area contributed by atoms with E-state index >= 15 is 0 Å². The average molecular weight is 533 g/mol. The zero-order valence-corrected chi connectivity index (χ0v) is 27.9. The third kappa shape index (κ3) is 8.97. The topological polar surface area (TPSA) is 0 Å². The molecule has 34 heavy (non-hydrogen) atoms. The minimum Gasteiger partial charge on any atom is -0.169 e. The largest absolute Gasteiger partial charge is 0.169 e. The van der Waals surface area contributed by atoms with Crippen LogP contribution in [0.2, 0.25) is 0 Å². The maximum atomic E-state index is 4.53. The number of hydrogen-bond acceptors (Lipinski definition) is 3. The maximum absolute atomic E-state index is 4.53. The molecule has 0 saturated heterocycles. The van der Waals surface area contributed by atoms with Gasteiger partial charge >= 0.3 is 0 Å². The third-order valence-corrected chi connectivity index (χ3v) is 10.9. The summed E-state index contributed by atoms with van der Waals surface area (Å²) in [6.07, 6.45) is 19.3. The molecule has 0 bridgehead atoms. The van der Waals surface area contributed by atoms with Crippen molar-refractivity contribution in [3.8, 4) is 0 Å². The molecule has 0 N–H and O–H groups in total. The molecule has 0 aromatic carbocycles. The van der Waals surface area contributed by atoms with Crippen molar-refractivity contribution < 1.29 is 0 Å². The van der Waals surface area contributed by atoms with Gasteiger partial charge in [0.1, 0.15) is 0 Å². The normalized spacial score (nSPS) is 38.9. The van der Waals surface area contributed by atoms with Gasteiger partial charge in [0.15, 0.2) is 0 Å². The van der Waals surface area contributed by atoms with Crippen LogP contribution in [0.4, 0.5) is 0 Å². The van der Waals surface area contributed by atoms with E-state index in [2.05, 4.69) is 39.0 Å². The highest BCUT2D eigenvalue weighted by molar-refractivity contribution is 8.68. The van der Waals surface area contributed by atoms with Crippen molar-refractivity contribution in [2.45, 2.75) is 132 Å². The van der Waals surface area contributed by atoms with Gasteiger partial charge < -0.3 is 0 Å². The molecule has 4 fully saturated rings. The first kappa shape index (κ1) is 36.9. The SMILES string of the molecule is C=CC.CC.CC.CC.CC1CCC2C3CCC4CC(SS)CCC4(C)C3CCC12C.CSC. The Morgan fingerprint density at radius 3 is 1.76 bits per heavy atom. The lowest BCUT2D eigenvalue weighted by Crippen LogP contribution is -2.53. The second-order valence-corrected chi connectivity index (χ2v) is 12.8. The van der Waals surface area contributed by atoms with Gasteiger partial charge in [-0.3, -0.25) is 0 Å². The Kier molecular flexibility index (Phi) is 21.6. The Balaban J connectivity index is 0. The molecule has 4 rings (SSSR count). The van der Waals surface area contributed by atoms with Crippen molar-refractivity contribution in [2.75, 3.05) is 12.5 Å². The number of hydrogen-bond donors (Lipinski definition) is 1. The molecular formula is C31H64S3. The van der Waals surface area contributed by atoms with E-state index in [1.807, 2.05) is 71.8 Å². The van der Waals surface area contributed by atoms with Crippen molar-refractivity contribution in [3.05, 3.63) is 12.7 Å². The third-order valence-electron chi connectivity index (χ3n) is 9.24. The first-order chi connectivity index (χ1) is 16.3. The molecule has 8 unspecified atom stereocenters. The highest BCUT2D eigenvalue weighted by Gasteiger charge is 2.59. The number of allylic oxidation sites excluding steroid dienone is 1. The number of thioether (sulfide) groups is 1. The van der Waals surface area contributed by atoms with Gasteiger partial charge in [0, 0.05) is 5.25 Å². The minimum atomic E-state index is 0.663. The Morgan fingerprint density at radius 2 is 1.26 bits per heavy atom. The lowest BCUT2D eigenvalue weighted by atomic mass is 9.45. The second-order valence-electron chi connectivity index (χ2n) is 10.5. The van der Waals surface area contributed by atoms with Crippen LogP contribution in [0.15, 0.2) is 12.7 Å². The molecule has 0 radical (unpaired) electrons. The van der Waals surface area contributed by atoms with Crippen molar-refractivity contribution in [1.29, 1.82) is 0 Å². The van der Waals surface area contributed by atoms with Gasteiger partial charge in [-0.1, -0.05) is 79.2 Å². The van der Waals surface area contributed by atoms with E-state index in [-0.39, 0.29) is 0 Å². The molecule has 3 heteroatoms. The van der Waals surface area contributed by atoms with E-state index in [0.29, 0.717) is 10.8 Å². The van der Waals surface area contributed by atoms with Crippen LogP contribution in [-0.4, -0.2) is 17.8 Å². The van der Waals surface area contributed by atoms with Crippen LogP contribution in [0, 0.1) is 40.4 Å². The summed E-state index contributed by atoms with van der Waals surface area (Å²) in [5.74, 6) is 5.12. The molecule has 206 valence electrons. The van der Waals surface area contributed by atoms with E-state index < -0.39 is 0 Å². The van der Waals surface area contributed by atoms with Crippen LogP contribution in [0.3, 0.4) is 0 Å². The quantitative estimate of drug-likeness (QED) is 0.202. The Bertz CT molecular complexity index is 493. The summed E-state index contributed by atoms with van der Waals surface area (Å²) in [5, 5.41) is 0.832. The average Bonchev–Trinajstić information content (AvgIpc) is 3.18. The van der Waals surface area contributed by atoms with E-state index in [1.165, 1.54) is 51.4 Å². The number of thiol groups is 1. The summed E-state index contributed by atoms with van der Waals surface area (Å²) in [6, 6.07) is 0. The predicted octanol–water partition coefficient (Wildman–Crippen LogP) is 11.9. The minimum absolute atomic E-state index is 0.663. The lowest BCUT2D eigenvalue weighted by Gasteiger charge is -2.61. The second kappa shape index (κ2) is 19.8. The summed E-state index contributed by atoms with van der Waals surface area (Å²) in [6.45, 7) is 25.1. The summed E-state index contributed by atoms with van der Waals surface area (Å²) in [7, 11) is 1.84. The van der Waals surface area contributed by atoms with E-state index in [1.54, 1.807) is 24.3 Å². The van der Waals surface area contributed by atoms with Crippen LogP contribution >= 0.6 is 34.2 Å². The van der Waals surface area contributed by atoms with Gasteiger partial charge in [0.2, 0.25) is 0 Å². The Hall–Kier alpha value is 0.790. The van der Waals surface area contributed by atoms with Crippen molar-refractivity contribution in [2.24, 2.45) is 40.4 Å². The van der Waals surface area contributed by atoms with Gasteiger partial charge in [-0.05, 0) is 118 Å². The lowest BCUT2D eigenvalue weighted by molar-refractivity contribution is -0.108. The van der Waals surface area contributed by atoms with E-state index in [0.717, 1.165) is 34.8 Å². The van der Waals surface area contributed by atoms with Gasteiger partial charge in [0.25, 0.3) is 0 Å². The molecule has 4 aliphatic rings. The molecular weight excluding hydrogens is 469 g/mol. The van der Waals surface area contributed by atoms with E-state index in [9.17, 15) is 0 Å². The van der Waals surface area contributed by atoms with Gasteiger partial charge in [0.05, 0.1) is 0 Å². The summed E-state index contributed by atoms with van der Waals surface area (Å²) >= 11 is 6.28. The van der Waals surface area contributed by atoms with E-state index in [4.69, 9.17) is 0 Å². The number of rotatable bonds is 1. The van der Waals surface area contributed by atoms with Gasteiger partial charge in [-0.25, -0.2) is 0 Å². The van der Waals surface area contributed by atoms with Crippen molar-refractivity contribution in [1.82, 2.24) is 0 Å². The molecule has 0 aromatic rings. The molecule has 0 amide bonds. The van der Waals surface area contributed by atoms with Crippen LogP contribution in [0.25, 0.3) is 0 Å². The van der Waals surface area contributed by atoms with Gasteiger partial charge in [-0.2, -0.15) is 11.8 Å². The zero-order valence-electron chi connectivity index (χ0n) is 25.4. The van der Waals surface area contributed by atoms with Crippen molar-refractivity contribution >= 4 is 34.2 Å². The molecule has 0 heterocycles. The fraction of sp³-hybridized carbons (Fsp3) is 0.935. The van der Waals surface area contributed by atoms with Crippen molar-refractivity contribution in [3.63, 3.8) is 0 Å². The highest BCUT2D eigenvalue weighted by atomic mass is 33.1. The highest BCUT2D eigenvalue weighted by Crippen LogP contribution is 2.67. The summed E-state index contributed by atoms with van der Waals surface area (Å²) < 4.78 is 0. The summed E-state index contributed by atoms with van der Waals surface area (Å²) in [5.41, 5.74) is 1.35. The van der Waals surface area contributed by atoms with Crippen LogP contribution < -0.4 is 0 Å². The first-order valence-electron chi connectivity index (χ1n) is 14.6. The molecule has 0 aromatic heterocycles. The predicted molar refractivity (Wildman–Crippen MR) is 171 cm³/mol. The maximum Gasteiger partial charge on any atom is 0.0152 e. The molecule has 0 aliphatic heterocycles. The van der Waals surface area contributed by atoms with Gasteiger partial charge in [-0.15, -0.1) is 18.2 Å². The molecule has 4 saturated carbocycles. The Labute approximate surface area is 231 Å². The first-order valence-corrected chi connectivity index (χ1v) is 18.2. The fourth-order valence-corrected chi connectivity index (χ4v) is 8.69. The zero-order chi connectivity index (χ0) is 26.9. The summed E-state index contributed by atoms with van der Waals surface area (Å²) in [4.78, 5) is 0. The molecule has 8 atom stereocenters. The molecule has 0 nitrogen and oxygen atoms in total.